The van der Waals surface area contributed by atoms with Gasteiger partial charge in [0, 0.05) is 11.3 Å². The van der Waals surface area contributed by atoms with Crippen LogP contribution in [0.3, 0.4) is 0 Å². The number of furan rings is 1. The highest BCUT2D eigenvalue weighted by molar-refractivity contribution is 6.31. The molecule has 0 saturated carbocycles. The van der Waals surface area contributed by atoms with Crippen molar-refractivity contribution in [3.8, 4) is 11.3 Å². The van der Waals surface area contributed by atoms with Crippen LogP contribution in [0.25, 0.3) is 11.3 Å². The number of rotatable bonds is 4. The number of anilines is 1. The van der Waals surface area contributed by atoms with E-state index in [1.54, 1.807) is 18.2 Å². The first kappa shape index (κ1) is 16.3. The molecule has 122 valence electrons. The van der Waals surface area contributed by atoms with Crippen molar-refractivity contribution in [2.45, 2.75) is 13.3 Å². The normalized spacial score (nSPS) is 10.6. The molecule has 0 aliphatic carbocycles. The second-order valence-corrected chi connectivity index (χ2v) is 5.66. The zero-order valence-electron chi connectivity index (χ0n) is 13.0. The summed E-state index contributed by atoms with van der Waals surface area (Å²) in [5.41, 5.74) is 2.41. The van der Waals surface area contributed by atoms with Gasteiger partial charge in [-0.15, -0.1) is 0 Å². The number of aryl methyl sites for hydroxylation is 1. The molecule has 24 heavy (non-hydrogen) atoms. The van der Waals surface area contributed by atoms with Gasteiger partial charge in [0.1, 0.15) is 11.6 Å². The fourth-order valence-electron chi connectivity index (χ4n) is 2.40. The van der Waals surface area contributed by atoms with Crippen LogP contribution in [0.1, 0.15) is 23.0 Å². The molecule has 0 aliphatic rings. The third-order valence-electron chi connectivity index (χ3n) is 3.68. The molecule has 0 saturated heterocycles. The van der Waals surface area contributed by atoms with E-state index in [0.29, 0.717) is 11.3 Å². The first-order valence-electron chi connectivity index (χ1n) is 7.53. The molecular formula is C19H15ClFNO2. The van der Waals surface area contributed by atoms with Crippen molar-refractivity contribution in [1.82, 2.24) is 0 Å². The standard InChI is InChI=1S/C19H15ClFNO2/c1-2-12-5-3-4-6-16(12)22-19(23)18-10-9-17(24-18)13-7-8-15(21)14(20)11-13/h3-11H,2H2,1H3,(H,22,23). The maximum atomic E-state index is 13.2. The number of carbonyl (C=O) groups excluding carboxylic acids is 1. The van der Waals surface area contributed by atoms with Gasteiger partial charge in [-0.05, 0) is 48.4 Å². The number of hydrogen-bond donors (Lipinski definition) is 1. The van der Waals surface area contributed by atoms with E-state index < -0.39 is 5.82 Å². The van der Waals surface area contributed by atoms with Gasteiger partial charge in [0.05, 0.1) is 5.02 Å². The topological polar surface area (TPSA) is 42.2 Å². The molecular weight excluding hydrogens is 329 g/mol. The quantitative estimate of drug-likeness (QED) is 0.674. The molecule has 5 heteroatoms. The number of hydrogen-bond acceptors (Lipinski definition) is 2. The molecule has 1 heterocycles. The zero-order chi connectivity index (χ0) is 17.1. The van der Waals surface area contributed by atoms with Crippen molar-refractivity contribution in [1.29, 1.82) is 0 Å². The summed E-state index contributed by atoms with van der Waals surface area (Å²) in [5.74, 6) is -0.210. The van der Waals surface area contributed by atoms with Gasteiger partial charge in [0.15, 0.2) is 5.76 Å². The average molecular weight is 344 g/mol. The van der Waals surface area contributed by atoms with Crippen LogP contribution in [0.15, 0.2) is 59.0 Å². The van der Waals surface area contributed by atoms with E-state index in [1.807, 2.05) is 31.2 Å². The van der Waals surface area contributed by atoms with Crippen molar-refractivity contribution < 1.29 is 13.6 Å². The fraction of sp³-hybridized carbons (Fsp3) is 0.105. The molecule has 2 aromatic carbocycles. The Kier molecular flexibility index (Phi) is 4.67. The summed E-state index contributed by atoms with van der Waals surface area (Å²) in [7, 11) is 0. The Bertz CT molecular complexity index is 889. The van der Waals surface area contributed by atoms with E-state index in [0.717, 1.165) is 17.7 Å². The Morgan fingerprint density at radius 1 is 1.17 bits per heavy atom. The first-order valence-corrected chi connectivity index (χ1v) is 7.91. The minimum Gasteiger partial charge on any atom is -0.451 e. The molecule has 0 spiro atoms. The van der Waals surface area contributed by atoms with Crippen molar-refractivity contribution in [2.24, 2.45) is 0 Å². The Morgan fingerprint density at radius 2 is 1.96 bits per heavy atom. The van der Waals surface area contributed by atoms with E-state index in [2.05, 4.69) is 5.32 Å². The molecule has 0 aliphatic heterocycles. The van der Waals surface area contributed by atoms with E-state index in [1.165, 1.54) is 12.1 Å². The Labute approximate surface area is 144 Å². The summed E-state index contributed by atoms with van der Waals surface area (Å²) in [4.78, 5) is 12.4. The van der Waals surface area contributed by atoms with Crippen molar-refractivity contribution in [3.63, 3.8) is 0 Å². The number of benzene rings is 2. The number of nitrogens with one attached hydrogen (secondary N) is 1. The van der Waals surface area contributed by atoms with E-state index in [4.69, 9.17) is 16.0 Å². The summed E-state index contributed by atoms with van der Waals surface area (Å²) in [6, 6.07) is 15.1. The number of carbonyl (C=O) groups is 1. The van der Waals surface area contributed by atoms with Gasteiger partial charge < -0.3 is 9.73 Å². The summed E-state index contributed by atoms with van der Waals surface area (Å²) in [6.45, 7) is 2.02. The molecule has 0 radical (unpaired) electrons. The summed E-state index contributed by atoms with van der Waals surface area (Å²) in [6.07, 6.45) is 0.813. The second-order valence-electron chi connectivity index (χ2n) is 5.26. The molecule has 1 amide bonds. The predicted molar refractivity (Wildman–Crippen MR) is 92.9 cm³/mol. The lowest BCUT2D eigenvalue weighted by Gasteiger charge is -2.08. The van der Waals surface area contributed by atoms with Crippen LogP contribution in [-0.4, -0.2) is 5.91 Å². The molecule has 0 unspecified atom stereocenters. The van der Waals surface area contributed by atoms with Gasteiger partial charge in [-0.1, -0.05) is 36.7 Å². The summed E-state index contributed by atoms with van der Waals surface area (Å²) < 4.78 is 18.8. The lowest BCUT2D eigenvalue weighted by molar-refractivity contribution is 0.0997. The van der Waals surface area contributed by atoms with Gasteiger partial charge in [-0.3, -0.25) is 4.79 Å². The van der Waals surface area contributed by atoms with E-state index in [-0.39, 0.29) is 16.7 Å². The molecule has 1 N–H and O–H groups in total. The van der Waals surface area contributed by atoms with E-state index in [9.17, 15) is 9.18 Å². The zero-order valence-corrected chi connectivity index (χ0v) is 13.7. The Hall–Kier alpha value is -2.59. The lowest BCUT2D eigenvalue weighted by atomic mass is 10.1. The molecule has 3 nitrogen and oxygen atoms in total. The first-order chi connectivity index (χ1) is 11.6. The van der Waals surface area contributed by atoms with Crippen LogP contribution in [0.4, 0.5) is 10.1 Å². The summed E-state index contributed by atoms with van der Waals surface area (Å²) >= 11 is 5.78. The smallest absolute Gasteiger partial charge is 0.291 e. The molecule has 1 aromatic heterocycles. The van der Waals surface area contributed by atoms with Crippen molar-refractivity contribution >= 4 is 23.2 Å². The van der Waals surface area contributed by atoms with Gasteiger partial charge in [0.25, 0.3) is 5.91 Å². The van der Waals surface area contributed by atoms with Gasteiger partial charge in [0.2, 0.25) is 0 Å². The molecule has 0 atom stereocenters. The lowest BCUT2D eigenvalue weighted by Crippen LogP contribution is -2.12. The van der Waals surface area contributed by atoms with Crippen LogP contribution >= 0.6 is 11.6 Å². The third kappa shape index (κ3) is 3.34. The minimum atomic E-state index is -0.499. The average Bonchev–Trinajstić information content (AvgIpc) is 3.08. The third-order valence-corrected chi connectivity index (χ3v) is 3.97. The Balaban J connectivity index is 1.82. The SMILES string of the molecule is CCc1ccccc1NC(=O)c1ccc(-c2ccc(F)c(Cl)c2)o1. The van der Waals surface area contributed by atoms with Crippen LogP contribution < -0.4 is 5.32 Å². The molecule has 0 fully saturated rings. The van der Waals surface area contributed by atoms with Crippen LogP contribution in [0, 0.1) is 5.82 Å². The number of amides is 1. The van der Waals surface area contributed by atoms with Crippen molar-refractivity contribution in [3.05, 3.63) is 76.8 Å². The highest BCUT2D eigenvalue weighted by Crippen LogP contribution is 2.27. The predicted octanol–water partition coefficient (Wildman–Crippen LogP) is 5.55. The molecule has 3 aromatic rings. The number of halogens is 2. The highest BCUT2D eigenvalue weighted by atomic mass is 35.5. The van der Waals surface area contributed by atoms with Gasteiger partial charge >= 0.3 is 0 Å². The molecule has 3 rings (SSSR count). The maximum Gasteiger partial charge on any atom is 0.291 e. The Morgan fingerprint density at radius 3 is 2.71 bits per heavy atom. The van der Waals surface area contributed by atoms with Crippen molar-refractivity contribution in [2.75, 3.05) is 5.32 Å². The summed E-state index contributed by atoms with van der Waals surface area (Å²) in [5, 5.41) is 2.85. The monoisotopic (exact) mass is 343 g/mol. The van der Waals surface area contributed by atoms with Gasteiger partial charge in [-0.25, -0.2) is 4.39 Å². The van der Waals surface area contributed by atoms with E-state index >= 15 is 0 Å². The maximum absolute atomic E-state index is 13.2. The second kappa shape index (κ2) is 6.89. The minimum absolute atomic E-state index is 0.00627. The molecule has 0 bridgehead atoms. The van der Waals surface area contributed by atoms with Crippen LogP contribution in [-0.2, 0) is 6.42 Å². The highest BCUT2D eigenvalue weighted by Gasteiger charge is 2.14. The van der Waals surface area contributed by atoms with Gasteiger partial charge in [-0.2, -0.15) is 0 Å². The van der Waals surface area contributed by atoms with Crippen LogP contribution in [0.2, 0.25) is 5.02 Å². The largest absolute Gasteiger partial charge is 0.451 e. The van der Waals surface area contributed by atoms with Crippen LogP contribution in [0.5, 0.6) is 0 Å². The fourth-order valence-corrected chi connectivity index (χ4v) is 2.58. The number of para-hydroxylation sites is 1.